The van der Waals surface area contributed by atoms with E-state index in [0.29, 0.717) is 42.8 Å². The van der Waals surface area contributed by atoms with Crippen molar-refractivity contribution in [3.63, 3.8) is 0 Å². The highest BCUT2D eigenvalue weighted by molar-refractivity contribution is 7.14. The van der Waals surface area contributed by atoms with Crippen LogP contribution in [0.3, 0.4) is 0 Å². The highest BCUT2D eigenvalue weighted by atomic mass is 32.1. The number of hydrogen-bond acceptors (Lipinski definition) is 7. The van der Waals surface area contributed by atoms with Gasteiger partial charge >= 0.3 is 0 Å². The number of para-hydroxylation sites is 2. The van der Waals surface area contributed by atoms with Crippen molar-refractivity contribution >= 4 is 34.0 Å². The molecule has 0 aliphatic rings. The van der Waals surface area contributed by atoms with Gasteiger partial charge in [0.2, 0.25) is 5.91 Å². The van der Waals surface area contributed by atoms with Gasteiger partial charge in [0.15, 0.2) is 5.13 Å². The molecule has 2 N–H and O–H groups in total. The quantitative estimate of drug-likeness (QED) is 0.548. The smallest absolute Gasteiger partial charge is 0.273 e. The number of rotatable bonds is 12. The number of carbonyl (C=O) groups is 2. The lowest BCUT2D eigenvalue weighted by Crippen LogP contribution is -2.37. The highest BCUT2D eigenvalue weighted by Gasteiger charge is 2.20. The minimum Gasteiger partial charge on any atom is -0.495 e. The molecule has 0 atom stereocenters. The average molecular weight is 421 g/mol. The Balaban J connectivity index is 2.03. The van der Waals surface area contributed by atoms with Gasteiger partial charge in [-0.15, -0.1) is 11.3 Å². The van der Waals surface area contributed by atoms with Crippen molar-refractivity contribution in [1.82, 2.24) is 15.2 Å². The maximum atomic E-state index is 12.9. The molecule has 0 aliphatic carbocycles. The van der Waals surface area contributed by atoms with Gasteiger partial charge in [-0.25, -0.2) is 4.98 Å². The van der Waals surface area contributed by atoms with E-state index in [0.717, 1.165) is 12.1 Å². The van der Waals surface area contributed by atoms with Crippen LogP contribution in [0.15, 0.2) is 29.6 Å². The summed E-state index contributed by atoms with van der Waals surface area (Å²) in [5.74, 6) is 0.393. The van der Waals surface area contributed by atoms with Gasteiger partial charge in [0.25, 0.3) is 5.91 Å². The molecular formula is C20H28N4O4S. The molecule has 0 spiro atoms. The fraction of sp³-hybridized carbons (Fsp3) is 0.450. The van der Waals surface area contributed by atoms with E-state index < -0.39 is 0 Å². The van der Waals surface area contributed by atoms with Gasteiger partial charge in [0.1, 0.15) is 11.4 Å². The molecule has 2 aromatic rings. The first-order valence-electron chi connectivity index (χ1n) is 9.49. The van der Waals surface area contributed by atoms with Crippen LogP contribution in [0.25, 0.3) is 0 Å². The minimum absolute atomic E-state index is 0.0705. The highest BCUT2D eigenvalue weighted by Crippen LogP contribution is 2.28. The van der Waals surface area contributed by atoms with Crippen molar-refractivity contribution in [2.75, 3.05) is 45.8 Å². The number of aromatic nitrogens is 1. The molecule has 1 aromatic carbocycles. The number of nitrogens with one attached hydrogen (secondary N) is 2. The Hall–Kier alpha value is -2.65. The number of amides is 2. The van der Waals surface area contributed by atoms with Crippen LogP contribution < -0.4 is 15.4 Å². The predicted octanol–water partition coefficient (Wildman–Crippen LogP) is 2.90. The van der Waals surface area contributed by atoms with Crippen LogP contribution in [0.4, 0.5) is 10.8 Å². The summed E-state index contributed by atoms with van der Waals surface area (Å²) in [7, 11) is 3.18. The van der Waals surface area contributed by atoms with E-state index in [-0.39, 0.29) is 18.2 Å². The van der Waals surface area contributed by atoms with Crippen molar-refractivity contribution in [2.45, 2.75) is 19.8 Å². The Morgan fingerprint density at radius 2 is 2.00 bits per heavy atom. The Bertz CT molecular complexity index is 796. The summed E-state index contributed by atoms with van der Waals surface area (Å²) in [6, 6.07) is 7.49. The lowest BCUT2D eigenvalue weighted by molar-refractivity contribution is -0.121. The molecule has 1 aromatic heterocycles. The zero-order valence-corrected chi connectivity index (χ0v) is 17.9. The normalized spacial score (nSPS) is 10.4. The van der Waals surface area contributed by atoms with Gasteiger partial charge in [-0.05, 0) is 18.6 Å². The third-order valence-electron chi connectivity index (χ3n) is 4.11. The fourth-order valence-electron chi connectivity index (χ4n) is 2.56. The molecule has 1 heterocycles. The van der Waals surface area contributed by atoms with Crippen molar-refractivity contribution in [3.05, 3.63) is 35.3 Å². The largest absolute Gasteiger partial charge is 0.495 e. The molecule has 158 valence electrons. The van der Waals surface area contributed by atoms with Crippen LogP contribution in [0.5, 0.6) is 5.75 Å². The number of anilines is 2. The van der Waals surface area contributed by atoms with Crippen molar-refractivity contribution in [2.24, 2.45) is 0 Å². The van der Waals surface area contributed by atoms with Crippen LogP contribution in [0.2, 0.25) is 0 Å². The van der Waals surface area contributed by atoms with Crippen molar-refractivity contribution < 1.29 is 19.1 Å². The lowest BCUT2D eigenvalue weighted by atomic mass is 10.3. The van der Waals surface area contributed by atoms with Crippen molar-refractivity contribution in [1.29, 1.82) is 0 Å². The molecule has 0 aliphatic heterocycles. The zero-order valence-electron chi connectivity index (χ0n) is 17.1. The van der Waals surface area contributed by atoms with Crippen molar-refractivity contribution in [3.8, 4) is 5.75 Å². The molecular weight excluding hydrogens is 392 g/mol. The Morgan fingerprint density at radius 1 is 1.21 bits per heavy atom. The number of ether oxygens (including phenoxy) is 2. The second-order valence-corrected chi connectivity index (χ2v) is 7.11. The third kappa shape index (κ3) is 7.03. The summed E-state index contributed by atoms with van der Waals surface area (Å²) in [6.07, 6.45) is 1.12. The van der Waals surface area contributed by atoms with E-state index in [1.807, 2.05) is 31.2 Å². The number of thiazole rings is 1. The molecule has 0 fully saturated rings. The summed E-state index contributed by atoms with van der Waals surface area (Å²) in [5, 5.41) is 8.29. The molecule has 0 radical (unpaired) electrons. The topological polar surface area (TPSA) is 92.8 Å². The second kappa shape index (κ2) is 12.0. The van der Waals surface area contributed by atoms with E-state index in [1.165, 1.54) is 11.3 Å². The number of nitrogens with zero attached hydrogens (tertiary/aromatic N) is 2. The number of methoxy groups -OCH3 is 2. The van der Waals surface area contributed by atoms with Crippen LogP contribution in [0, 0.1) is 0 Å². The first-order chi connectivity index (χ1) is 14.1. The molecule has 0 saturated carbocycles. The first kappa shape index (κ1) is 22.6. The number of carbonyl (C=O) groups excluding carboxylic acids is 2. The van der Waals surface area contributed by atoms with Gasteiger partial charge in [-0.3, -0.25) is 9.59 Å². The van der Waals surface area contributed by atoms with E-state index in [1.54, 1.807) is 24.5 Å². The van der Waals surface area contributed by atoms with E-state index >= 15 is 0 Å². The van der Waals surface area contributed by atoms with Crippen LogP contribution in [-0.4, -0.2) is 62.2 Å². The van der Waals surface area contributed by atoms with Crippen LogP contribution in [0.1, 0.15) is 30.3 Å². The summed E-state index contributed by atoms with van der Waals surface area (Å²) in [4.78, 5) is 30.8. The molecule has 2 rings (SSSR count). The third-order valence-corrected chi connectivity index (χ3v) is 4.86. The maximum absolute atomic E-state index is 12.9. The number of hydrogen-bond donors (Lipinski definition) is 2. The monoisotopic (exact) mass is 420 g/mol. The Morgan fingerprint density at radius 3 is 2.72 bits per heavy atom. The average Bonchev–Trinajstić information content (AvgIpc) is 3.20. The summed E-state index contributed by atoms with van der Waals surface area (Å²) in [5.41, 5.74) is 1.10. The maximum Gasteiger partial charge on any atom is 0.273 e. The molecule has 0 saturated heterocycles. The van der Waals surface area contributed by atoms with Gasteiger partial charge in [0.05, 0.1) is 19.4 Å². The molecule has 8 nitrogen and oxygen atoms in total. The Labute approximate surface area is 175 Å². The van der Waals surface area contributed by atoms with Crippen LogP contribution >= 0.6 is 11.3 Å². The molecule has 29 heavy (non-hydrogen) atoms. The van der Waals surface area contributed by atoms with Crippen LogP contribution in [-0.2, 0) is 9.53 Å². The zero-order chi connectivity index (χ0) is 21.1. The van der Waals surface area contributed by atoms with Gasteiger partial charge in [-0.2, -0.15) is 0 Å². The Kier molecular flexibility index (Phi) is 9.39. The number of benzene rings is 1. The van der Waals surface area contributed by atoms with E-state index in [9.17, 15) is 9.59 Å². The van der Waals surface area contributed by atoms with E-state index in [4.69, 9.17) is 9.47 Å². The molecule has 9 heteroatoms. The molecule has 0 bridgehead atoms. The predicted molar refractivity (Wildman–Crippen MR) is 114 cm³/mol. The second-order valence-electron chi connectivity index (χ2n) is 6.25. The van der Waals surface area contributed by atoms with Gasteiger partial charge < -0.3 is 25.0 Å². The SMILES string of the molecule is CCCNC(=O)CCN(CCOC)C(=O)c1csc(Nc2ccccc2OC)n1. The van der Waals surface area contributed by atoms with E-state index in [2.05, 4.69) is 15.6 Å². The summed E-state index contributed by atoms with van der Waals surface area (Å²) < 4.78 is 10.4. The molecule has 0 unspecified atom stereocenters. The summed E-state index contributed by atoms with van der Waals surface area (Å²) in [6.45, 7) is 3.72. The molecule has 2 amide bonds. The minimum atomic E-state index is -0.227. The van der Waals surface area contributed by atoms with Gasteiger partial charge in [0, 0.05) is 38.5 Å². The fourth-order valence-corrected chi connectivity index (χ4v) is 3.26. The summed E-state index contributed by atoms with van der Waals surface area (Å²) >= 11 is 1.33. The standard InChI is InChI=1S/C20H28N4O4S/c1-4-10-21-18(25)9-11-24(12-13-27-2)19(26)16-14-29-20(23-16)22-15-7-5-6-8-17(15)28-3/h5-8,14H,4,9-13H2,1-3H3,(H,21,25)(H,22,23). The van der Waals surface area contributed by atoms with Gasteiger partial charge in [-0.1, -0.05) is 19.1 Å². The lowest BCUT2D eigenvalue weighted by Gasteiger charge is -2.21. The first-order valence-corrected chi connectivity index (χ1v) is 10.4.